The Balaban J connectivity index is 1.54. The summed E-state index contributed by atoms with van der Waals surface area (Å²) in [4.78, 5) is 27.5. The van der Waals surface area contributed by atoms with Gasteiger partial charge in [0.15, 0.2) is 15.7 Å². The van der Waals surface area contributed by atoms with Crippen LogP contribution >= 0.6 is 11.6 Å². The van der Waals surface area contributed by atoms with Gasteiger partial charge >= 0.3 is 5.76 Å². The van der Waals surface area contributed by atoms with Crippen molar-refractivity contribution in [2.45, 2.75) is 4.90 Å². The number of hydrogen-bond donors (Lipinski definition) is 2. The summed E-state index contributed by atoms with van der Waals surface area (Å²) in [7, 11) is -1.53. The van der Waals surface area contributed by atoms with Gasteiger partial charge in [0.1, 0.15) is 5.69 Å². The molecule has 11 heteroatoms. The molecule has 0 atom stereocenters. The molecule has 5 rings (SSSR count). The quantitative estimate of drug-likeness (QED) is 0.350. The molecular weight excluding hydrogens is 504 g/mol. The Kier molecular flexibility index (Phi) is 5.77. The van der Waals surface area contributed by atoms with Crippen LogP contribution in [-0.2, 0) is 16.9 Å². The molecule has 2 heterocycles. The van der Waals surface area contributed by atoms with Crippen LogP contribution in [0.1, 0.15) is 10.5 Å². The van der Waals surface area contributed by atoms with Crippen LogP contribution in [0.25, 0.3) is 33.4 Å². The number of carbonyl (C=O) groups excluding carboxylic acids is 1. The second kappa shape index (κ2) is 8.81. The molecule has 36 heavy (non-hydrogen) atoms. The third kappa shape index (κ3) is 4.32. The second-order valence-electron chi connectivity index (χ2n) is 8.22. The minimum absolute atomic E-state index is 0.134. The predicted molar refractivity (Wildman–Crippen MR) is 137 cm³/mol. The molecule has 0 aliphatic carbocycles. The average molecular weight is 523 g/mol. The lowest BCUT2D eigenvalue weighted by atomic mass is 10.0. The summed E-state index contributed by atoms with van der Waals surface area (Å²) in [5.74, 6) is -0.982. The fourth-order valence-corrected chi connectivity index (χ4v) is 4.91. The van der Waals surface area contributed by atoms with E-state index in [1.54, 1.807) is 60.1 Å². The molecule has 2 aromatic heterocycles. The number of amides is 1. The number of fused-ring (bicyclic) bond motifs is 1. The topological polar surface area (TPSA) is 127 Å². The van der Waals surface area contributed by atoms with Gasteiger partial charge < -0.3 is 9.88 Å². The molecule has 0 unspecified atom stereocenters. The maximum Gasteiger partial charge on any atom is 0.439 e. The van der Waals surface area contributed by atoms with Gasteiger partial charge in [-0.1, -0.05) is 47.1 Å². The van der Waals surface area contributed by atoms with Crippen LogP contribution in [0.3, 0.4) is 0 Å². The van der Waals surface area contributed by atoms with Crippen molar-refractivity contribution >= 4 is 43.9 Å². The molecule has 2 N–H and O–H groups in total. The molecule has 0 spiro atoms. The highest BCUT2D eigenvalue weighted by Gasteiger charge is 2.19. The number of aromatic nitrogens is 3. The molecule has 0 saturated heterocycles. The van der Waals surface area contributed by atoms with Crippen molar-refractivity contribution in [3.05, 3.63) is 88.0 Å². The zero-order valence-electron chi connectivity index (χ0n) is 19.1. The van der Waals surface area contributed by atoms with Crippen LogP contribution in [0.5, 0.6) is 0 Å². The number of halogens is 1. The third-order valence-electron chi connectivity index (χ3n) is 5.81. The normalized spacial score (nSPS) is 11.6. The summed E-state index contributed by atoms with van der Waals surface area (Å²) >= 11 is 6.12. The lowest BCUT2D eigenvalue weighted by molar-refractivity contribution is 0.102. The van der Waals surface area contributed by atoms with Gasteiger partial charge in [0, 0.05) is 34.8 Å². The zero-order chi connectivity index (χ0) is 25.6. The molecule has 3 aromatic carbocycles. The Morgan fingerprint density at radius 3 is 2.47 bits per heavy atom. The van der Waals surface area contributed by atoms with Crippen molar-refractivity contribution < 1.29 is 17.7 Å². The van der Waals surface area contributed by atoms with Gasteiger partial charge in [0.2, 0.25) is 0 Å². The van der Waals surface area contributed by atoms with Crippen LogP contribution in [-0.4, -0.2) is 35.3 Å². The smallest absolute Gasteiger partial charge is 0.339 e. The van der Waals surface area contributed by atoms with E-state index in [4.69, 9.17) is 11.6 Å². The maximum atomic E-state index is 13.3. The Hall–Kier alpha value is -4.15. The fourth-order valence-electron chi connectivity index (χ4n) is 4.10. The average Bonchev–Trinajstić information content (AvgIpc) is 3.43. The highest BCUT2D eigenvalue weighted by molar-refractivity contribution is 7.90. The molecule has 0 aliphatic heterocycles. The van der Waals surface area contributed by atoms with Crippen LogP contribution in [0, 0.1) is 0 Å². The first-order chi connectivity index (χ1) is 17.1. The van der Waals surface area contributed by atoms with E-state index in [-0.39, 0.29) is 16.6 Å². The molecule has 0 radical (unpaired) electrons. The van der Waals surface area contributed by atoms with Gasteiger partial charge in [0.05, 0.1) is 16.1 Å². The van der Waals surface area contributed by atoms with Gasteiger partial charge in [-0.15, -0.1) is 0 Å². The summed E-state index contributed by atoms with van der Waals surface area (Å²) < 4.78 is 30.0. The highest BCUT2D eigenvalue weighted by atomic mass is 35.5. The molecule has 182 valence electrons. The molecule has 5 aromatic rings. The van der Waals surface area contributed by atoms with Crippen LogP contribution in [0.2, 0.25) is 5.02 Å². The number of benzene rings is 3. The molecule has 0 aliphatic rings. The van der Waals surface area contributed by atoms with Crippen molar-refractivity contribution in [2.75, 3.05) is 11.6 Å². The predicted octanol–water partition coefficient (Wildman–Crippen LogP) is 4.50. The Bertz CT molecular complexity index is 1800. The van der Waals surface area contributed by atoms with Gasteiger partial charge in [-0.2, -0.15) is 0 Å². The number of nitrogens with one attached hydrogen (secondary N) is 2. The summed E-state index contributed by atoms with van der Waals surface area (Å²) in [6.07, 6.45) is 1.16. The monoisotopic (exact) mass is 522 g/mol. The fraction of sp³-hybridized carbons (Fsp3) is 0.0800. The number of nitrogens with zero attached hydrogens (tertiary/aromatic N) is 2. The van der Waals surface area contributed by atoms with Gasteiger partial charge in [0.25, 0.3) is 5.91 Å². The number of carbonyl (C=O) groups is 1. The second-order valence-corrected chi connectivity index (χ2v) is 10.7. The van der Waals surface area contributed by atoms with E-state index in [1.807, 2.05) is 18.2 Å². The Morgan fingerprint density at radius 1 is 1.06 bits per heavy atom. The summed E-state index contributed by atoms with van der Waals surface area (Å²) in [5, 5.41) is 7.78. The van der Waals surface area contributed by atoms with E-state index in [0.29, 0.717) is 22.0 Å². The molecule has 0 bridgehead atoms. The standard InChI is InChI=1S/C25H19ClN4O5S/c1-30-21(24(31)27-20-11-8-16(26)13-19(20)23-28-25(32)35-29-23)12-15-4-3-5-18(22(15)30)14-6-9-17(10-7-14)36(2,33)34/h3-13H,1-2H3,(H,27,31)(H,28,29,32). The molecule has 1 amide bonds. The summed E-state index contributed by atoms with van der Waals surface area (Å²) in [6.45, 7) is 0. The number of hydrogen-bond acceptors (Lipinski definition) is 6. The first kappa shape index (κ1) is 23.6. The number of aryl methyl sites for hydroxylation is 1. The number of rotatable bonds is 5. The Morgan fingerprint density at radius 2 is 1.81 bits per heavy atom. The van der Waals surface area contributed by atoms with E-state index in [2.05, 4.69) is 20.0 Å². The first-order valence-corrected chi connectivity index (χ1v) is 12.9. The van der Waals surface area contributed by atoms with Crippen LogP contribution < -0.4 is 11.1 Å². The number of aromatic amines is 1. The summed E-state index contributed by atoms with van der Waals surface area (Å²) in [5.41, 5.74) is 3.65. The summed E-state index contributed by atoms with van der Waals surface area (Å²) in [6, 6.07) is 18.9. The minimum atomic E-state index is -3.31. The van der Waals surface area contributed by atoms with E-state index in [1.165, 1.54) is 0 Å². The largest absolute Gasteiger partial charge is 0.439 e. The number of sulfone groups is 1. The number of H-pyrrole nitrogens is 1. The zero-order valence-corrected chi connectivity index (χ0v) is 20.6. The first-order valence-electron chi connectivity index (χ1n) is 10.7. The van der Waals surface area contributed by atoms with Gasteiger partial charge in [-0.3, -0.25) is 14.3 Å². The van der Waals surface area contributed by atoms with Crippen molar-refractivity contribution in [2.24, 2.45) is 7.05 Å². The van der Waals surface area contributed by atoms with Gasteiger partial charge in [-0.05, 0) is 42.0 Å². The van der Waals surface area contributed by atoms with Crippen LogP contribution in [0.15, 0.2) is 80.9 Å². The van der Waals surface area contributed by atoms with Crippen molar-refractivity contribution in [3.8, 4) is 22.5 Å². The minimum Gasteiger partial charge on any atom is -0.339 e. The molecule has 0 saturated carbocycles. The van der Waals surface area contributed by atoms with Gasteiger partial charge in [-0.25, -0.2) is 13.2 Å². The van der Waals surface area contributed by atoms with E-state index in [0.717, 1.165) is 28.3 Å². The van der Waals surface area contributed by atoms with E-state index < -0.39 is 15.6 Å². The maximum absolute atomic E-state index is 13.3. The Labute approximate surface area is 210 Å². The van der Waals surface area contributed by atoms with E-state index >= 15 is 0 Å². The number of anilines is 1. The SMILES string of the molecule is Cn1c(C(=O)Nc2ccc(Cl)cc2-c2noc(=O)[nH]2)cc2cccc(-c3ccc(S(C)(=O)=O)cc3)c21. The highest BCUT2D eigenvalue weighted by Crippen LogP contribution is 2.33. The molecular formula is C25H19ClN4O5S. The van der Waals surface area contributed by atoms with Crippen molar-refractivity contribution in [1.82, 2.24) is 14.7 Å². The van der Waals surface area contributed by atoms with Crippen LogP contribution in [0.4, 0.5) is 5.69 Å². The van der Waals surface area contributed by atoms with Crippen molar-refractivity contribution in [3.63, 3.8) is 0 Å². The number of para-hydroxylation sites is 1. The van der Waals surface area contributed by atoms with E-state index in [9.17, 15) is 18.0 Å². The lowest BCUT2D eigenvalue weighted by Crippen LogP contribution is -2.16. The molecule has 0 fully saturated rings. The molecule has 9 nitrogen and oxygen atoms in total. The lowest BCUT2D eigenvalue weighted by Gasteiger charge is -2.11. The third-order valence-corrected chi connectivity index (χ3v) is 7.17. The van der Waals surface area contributed by atoms with Crippen molar-refractivity contribution in [1.29, 1.82) is 0 Å².